The first-order chi connectivity index (χ1) is 21.1. The van der Waals surface area contributed by atoms with Gasteiger partial charge < -0.3 is 0 Å². The van der Waals surface area contributed by atoms with Gasteiger partial charge in [-0.2, -0.15) is 0 Å². The van der Waals surface area contributed by atoms with E-state index in [1.807, 2.05) is 0 Å². The van der Waals surface area contributed by atoms with Crippen molar-refractivity contribution in [3.05, 3.63) is 160 Å². The lowest BCUT2D eigenvalue weighted by Crippen LogP contribution is -2.59. The molecule has 214 valence electrons. The Hall–Kier alpha value is -4.02. The van der Waals surface area contributed by atoms with Gasteiger partial charge in [0.15, 0.2) is 0 Å². The van der Waals surface area contributed by atoms with E-state index in [9.17, 15) is 0 Å². The lowest BCUT2D eigenvalue weighted by Gasteiger charge is -2.41. The molecule has 4 aliphatic rings. The van der Waals surface area contributed by atoms with Crippen LogP contribution >= 0.6 is 0 Å². The molecule has 43 heavy (non-hydrogen) atoms. The predicted octanol–water partition coefficient (Wildman–Crippen LogP) is 8.62. The Labute approximate surface area is 255 Å². The fourth-order valence-corrected chi connectivity index (χ4v) is 7.68. The van der Waals surface area contributed by atoms with Gasteiger partial charge in [0.05, 0.1) is 18.5 Å². The molecule has 8 rings (SSSR count). The number of allylic oxidation sites excluding steroid dienone is 4. The smallest absolute Gasteiger partial charge is 0.0864 e. The van der Waals surface area contributed by atoms with Gasteiger partial charge in [-0.25, -0.2) is 0 Å². The minimum Gasteiger partial charge on any atom is -0.279 e. The zero-order valence-electron chi connectivity index (χ0n) is 25.0. The molecule has 3 nitrogen and oxygen atoms in total. The summed E-state index contributed by atoms with van der Waals surface area (Å²) < 4.78 is 0. The van der Waals surface area contributed by atoms with Crippen molar-refractivity contribution in [3.63, 3.8) is 0 Å². The third-order valence-electron chi connectivity index (χ3n) is 10.1. The van der Waals surface area contributed by atoms with Gasteiger partial charge in [-0.05, 0) is 74.9 Å². The topological polar surface area (TPSA) is 36.1 Å². The molecule has 4 unspecified atom stereocenters. The molecule has 1 saturated heterocycles. The molecular formula is C40H39N3. The monoisotopic (exact) mass is 561 g/mol. The highest BCUT2D eigenvalue weighted by Gasteiger charge is 2.37. The van der Waals surface area contributed by atoms with Gasteiger partial charge >= 0.3 is 0 Å². The van der Waals surface area contributed by atoms with Gasteiger partial charge in [-0.15, -0.1) is 0 Å². The van der Waals surface area contributed by atoms with Crippen LogP contribution in [0.1, 0.15) is 90.3 Å². The molecule has 3 N–H and O–H groups in total. The summed E-state index contributed by atoms with van der Waals surface area (Å²) in [6, 6.07) is 34.1. The lowest BCUT2D eigenvalue weighted by atomic mass is 9.81. The molecular weight excluding hydrogens is 522 g/mol. The average Bonchev–Trinajstić information content (AvgIpc) is 3.30. The van der Waals surface area contributed by atoms with E-state index in [1.54, 1.807) is 0 Å². The van der Waals surface area contributed by atoms with Gasteiger partial charge in [0.25, 0.3) is 0 Å². The predicted molar refractivity (Wildman–Crippen MR) is 178 cm³/mol. The van der Waals surface area contributed by atoms with Gasteiger partial charge in [-0.1, -0.05) is 135 Å². The third kappa shape index (κ3) is 4.64. The van der Waals surface area contributed by atoms with E-state index in [1.165, 1.54) is 55.6 Å². The van der Waals surface area contributed by atoms with Crippen LogP contribution in [0.3, 0.4) is 0 Å². The quantitative estimate of drug-likeness (QED) is 0.233. The first-order valence-corrected chi connectivity index (χ1v) is 15.8. The van der Waals surface area contributed by atoms with Gasteiger partial charge in [-0.3, -0.25) is 16.0 Å². The summed E-state index contributed by atoms with van der Waals surface area (Å²) in [5.41, 5.74) is 13.6. The van der Waals surface area contributed by atoms with Crippen LogP contribution in [0.2, 0.25) is 0 Å². The Kier molecular flexibility index (Phi) is 6.56. The average molecular weight is 562 g/mol. The van der Waals surface area contributed by atoms with Crippen molar-refractivity contribution in [3.8, 4) is 11.1 Å². The van der Waals surface area contributed by atoms with Crippen LogP contribution in [0, 0.1) is 0 Å². The van der Waals surface area contributed by atoms with Crippen LogP contribution in [0.15, 0.2) is 121 Å². The molecule has 4 atom stereocenters. The second-order valence-corrected chi connectivity index (χ2v) is 13.0. The van der Waals surface area contributed by atoms with Gasteiger partial charge in [0, 0.05) is 11.3 Å². The van der Waals surface area contributed by atoms with Crippen molar-refractivity contribution in [2.24, 2.45) is 0 Å². The number of hydrogen-bond acceptors (Lipinski definition) is 3. The highest BCUT2D eigenvalue weighted by atomic mass is 15.4. The summed E-state index contributed by atoms with van der Waals surface area (Å²) >= 11 is 0. The van der Waals surface area contributed by atoms with E-state index in [4.69, 9.17) is 0 Å². The molecule has 0 saturated carbocycles. The Bertz CT molecular complexity index is 1770. The van der Waals surface area contributed by atoms with Crippen molar-refractivity contribution >= 4 is 6.08 Å². The molecule has 0 spiro atoms. The number of nitrogens with one attached hydrogen (secondary N) is 3. The molecule has 0 aromatic heterocycles. The third-order valence-corrected chi connectivity index (χ3v) is 10.1. The molecule has 1 aliphatic heterocycles. The van der Waals surface area contributed by atoms with Crippen LogP contribution in [0.5, 0.6) is 0 Å². The molecule has 1 heterocycles. The van der Waals surface area contributed by atoms with Crippen LogP contribution in [-0.4, -0.2) is 6.17 Å². The van der Waals surface area contributed by atoms with Crippen LogP contribution in [0.25, 0.3) is 17.2 Å². The van der Waals surface area contributed by atoms with Crippen molar-refractivity contribution in [2.75, 3.05) is 0 Å². The summed E-state index contributed by atoms with van der Waals surface area (Å²) in [6.45, 7) is 4.72. The SMILES string of the molecule is CC1(C)c2ccccc2-c2ccc(C3NC(C4=CC=CCC4)NC(c4ccc(C5CC=Cc6ccccc65)cc4)N3)cc21. The molecule has 3 aliphatic carbocycles. The van der Waals surface area contributed by atoms with Crippen molar-refractivity contribution in [1.82, 2.24) is 16.0 Å². The summed E-state index contributed by atoms with van der Waals surface area (Å²) in [5, 5.41) is 11.8. The molecule has 0 amide bonds. The highest BCUT2D eigenvalue weighted by Crippen LogP contribution is 2.49. The first-order valence-electron chi connectivity index (χ1n) is 15.8. The summed E-state index contributed by atoms with van der Waals surface area (Å²) in [6.07, 6.45) is 14.7. The summed E-state index contributed by atoms with van der Waals surface area (Å²) in [5.74, 6) is 0.405. The van der Waals surface area contributed by atoms with Gasteiger partial charge in [0.1, 0.15) is 0 Å². The van der Waals surface area contributed by atoms with E-state index in [-0.39, 0.29) is 23.9 Å². The van der Waals surface area contributed by atoms with Crippen molar-refractivity contribution in [2.45, 2.75) is 62.9 Å². The van der Waals surface area contributed by atoms with E-state index in [0.29, 0.717) is 5.92 Å². The van der Waals surface area contributed by atoms with Crippen LogP contribution < -0.4 is 16.0 Å². The first kappa shape index (κ1) is 26.6. The summed E-state index contributed by atoms with van der Waals surface area (Å²) in [4.78, 5) is 0. The Morgan fingerprint density at radius 3 is 2.19 bits per heavy atom. The van der Waals surface area contributed by atoms with Crippen molar-refractivity contribution < 1.29 is 0 Å². The van der Waals surface area contributed by atoms with Crippen LogP contribution in [-0.2, 0) is 5.41 Å². The Morgan fingerprint density at radius 1 is 0.651 bits per heavy atom. The fraction of sp³-hybridized carbons (Fsp3) is 0.250. The molecule has 0 bridgehead atoms. The molecule has 3 heteroatoms. The number of benzene rings is 4. The maximum absolute atomic E-state index is 3.93. The number of fused-ring (bicyclic) bond motifs is 4. The zero-order chi connectivity index (χ0) is 29.0. The number of rotatable bonds is 4. The molecule has 4 aromatic carbocycles. The van der Waals surface area contributed by atoms with Crippen LogP contribution in [0.4, 0.5) is 0 Å². The Balaban J connectivity index is 1.11. The van der Waals surface area contributed by atoms with E-state index in [0.717, 1.165) is 19.3 Å². The fourth-order valence-electron chi connectivity index (χ4n) is 7.68. The second kappa shape index (κ2) is 10.6. The largest absolute Gasteiger partial charge is 0.279 e. The number of hydrogen-bond donors (Lipinski definition) is 3. The highest BCUT2D eigenvalue weighted by molar-refractivity contribution is 5.81. The molecule has 0 radical (unpaired) electrons. The van der Waals surface area contributed by atoms with Crippen molar-refractivity contribution in [1.29, 1.82) is 0 Å². The van der Waals surface area contributed by atoms with E-state index >= 15 is 0 Å². The van der Waals surface area contributed by atoms with E-state index in [2.05, 4.69) is 151 Å². The molecule has 4 aromatic rings. The Morgan fingerprint density at radius 2 is 1.35 bits per heavy atom. The normalized spacial score (nSPS) is 25.0. The maximum Gasteiger partial charge on any atom is 0.0864 e. The molecule has 1 fully saturated rings. The zero-order valence-corrected chi connectivity index (χ0v) is 25.0. The maximum atomic E-state index is 3.93. The summed E-state index contributed by atoms with van der Waals surface area (Å²) in [7, 11) is 0. The standard InChI is InChI=1S/C40H39N3/c1-40(2)35-18-9-8-16-33(35)34-24-23-30(25-36(34)40)39-42-37(28-12-4-3-5-13-28)41-38(43-39)29-21-19-27(20-22-29)32-17-10-14-26-11-6-7-15-31(26)32/h3-4,6-12,14-16,18-25,32,37-39,41-43H,5,13,17H2,1-2H3. The lowest BCUT2D eigenvalue weighted by molar-refractivity contribution is 0.219. The van der Waals surface area contributed by atoms with Gasteiger partial charge in [0.2, 0.25) is 0 Å². The minimum absolute atomic E-state index is 0.0166. The second-order valence-electron chi connectivity index (χ2n) is 13.0. The minimum atomic E-state index is -0.0207. The van der Waals surface area contributed by atoms with E-state index < -0.39 is 0 Å².